The van der Waals surface area contributed by atoms with Gasteiger partial charge in [0.25, 0.3) is 0 Å². The van der Waals surface area contributed by atoms with E-state index in [1.807, 2.05) is 24.0 Å². The molecule has 0 amide bonds. The van der Waals surface area contributed by atoms with Crippen molar-refractivity contribution in [2.75, 3.05) is 6.54 Å². The maximum Gasteiger partial charge on any atom is 0.0547 e. The molecule has 0 aromatic carbocycles. The Kier molecular flexibility index (Phi) is 3.61. The second kappa shape index (κ2) is 4.97. The molecule has 0 saturated heterocycles. The lowest BCUT2D eigenvalue weighted by Gasteiger charge is -2.17. The van der Waals surface area contributed by atoms with Gasteiger partial charge in [0.1, 0.15) is 0 Å². The van der Waals surface area contributed by atoms with Crippen LogP contribution in [-0.4, -0.2) is 27.5 Å². The Labute approximate surface area is 96.7 Å². The molecule has 2 rings (SSSR count). The molecule has 1 aliphatic rings. The van der Waals surface area contributed by atoms with Gasteiger partial charge in [-0.3, -0.25) is 4.68 Å². The Hall–Kier alpha value is -0.870. The highest BCUT2D eigenvalue weighted by Gasteiger charge is 2.23. The minimum absolute atomic E-state index is 0.0705. The first-order chi connectivity index (χ1) is 7.66. The van der Waals surface area contributed by atoms with Gasteiger partial charge in [-0.2, -0.15) is 5.10 Å². The summed E-state index contributed by atoms with van der Waals surface area (Å²) in [5, 5.41) is 17.1. The van der Waals surface area contributed by atoms with Gasteiger partial charge in [-0.05, 0) is 44.7 Å². The quantitative estimate of drug-likeness (QED) is 0.807. The zero-order valence-electron chi connectivity index (χ0n) is 10.1. The van der Waals surface area contributed by atoms with E-state index in [1.54, 1.807) is 0 Å². The second-order valence-electron chi connectivity index (χ2n) is 4.84. The van der Waals surface area contributed by atoms with Crippen LogP contribution in [0.2, 0.25) is 0 Å². The molecule has 16 heavy (non-hydrogen) atoms. The van der Waals surface area contributed by atoms with Crippen molar-refractivity contribution in [1.29, 1.82) is 0 Å². The summed E-state index contributed by atoms with van der Waals surface area (Å²) < 4.78 is 1.90. The molecule has 1 aromatic heterocycles. The number of aliphatic hydroxyl groups excluding tert-OH is 1. The average molecular weight is 223 g/mol. The van der Waals surface area contributed by atoms with E-state index in [9.17, 15) is 5.11 Å². The van der Waals surface area contributed by atoms with Gasteiger partial charge in [0.05, 0.1) is 11.8 Å². The van der Waals surface area contributed by atoms with E-state index in [4.69, 9.17) is 0 Å². The van der Waals surface area contributed by atoms with Gasteiger partial charge >= 0.3 is 0 Å². The summed E-state index contributed by atoms with van der Waals surface area (Å²) in [6, 6.07) is 2.37. The van der Waals surface area contributed by atoms with Crippen molar-refractivity contribution in [3.8, 4) is 0 Å². The lowest BCUT2D eigenvalue weighted by atomic mass is 10.1. The highest BCUT2D eigenvalue weighted by atomic mass is 16.3. The standard InChI is InChI=1S/C12H21N3O/c1-9(12-5-6-14-15(12)2)13-8-10-3-4-11(16)7-10/h5-6,9-11,13,16H,3-4,7-8H2,1-2H3. The normalized spacial score (nSPS) is 27.2. The average Bonchev–Trinajstić information content (AvgIpc) is 2.84. The minimum Gasteiger partial charge on any atom is -0.393 e. The van der Waals surface area contributed by atoms with Gasteiger partial charge in [0.2, 0.25) is 0 Å². The van der Waals surface area contributed by atoms with Gasteiger partial charge < -0.3 is 10.4 Å². The highest BCUT2D eigenvalue weighted by molar-refractivity contribution is 5.05. The van der Waals surface area contributed by atoms with Crippen molar-refractivity contribution in [3.05, 3.63) is 18.0 Å². The molecule has 90 valence electrons. The van der Waals surface area contributed by atoms with Gasteiger partial charge in [-0.1, -0.05) is 0 Å². The fourth-order valence-electron chi connectivity index (χ4n) is 2.49. The number of hydrogen-bond acceptors (Lipinski definition) is 3. The van der Waals surface area contributed by atoms with Crippen LogP contribution in [0.1, 0.15) is 37.9 Å². The molecule has 1 saturated carbocycles. The van der Waals surface area contributed by atoms with Crippen molar-refractivity contribution in [2.45, 2.75) is 38.3 Å². The zero-order valence-corrected chi connectivity index (χ0v) is 10.1. The third-order valence-corrected chi connectivity index (χ3v) is 3.53. The van der Waals surface area contributed by atoms with Crippen molar-refractivity contribution >= 4 is 0 Å². The molecule has 1 aliphatic carbocycles. The SMILES string of the molecule is CC(NCC1CCC(O)C1)c1ccnn1C. The van der Waals surface area contributed by atoms with E-state index in [2.05, 4.69) is 17.3 Å². The van der Waals surface area contributed by atoms with Crippen LogP contribution in [0.15, 0.2) is 12.3 Å². The molecular weight excluding hydrogens is 202 g/mol. The Morgan fingerprint density at radius 3 is 3.00 bits per heavy atom. The lowest BCUT2D eigenvalue weighted by molar-refractivity contribution is 0.177. The van der Waals surface area contributed by atoms with E-state index >= 15 is 0 Å². The van der Waals surface area contributed by atoms with Gasteiger partial charge in [-0.25, -0.2) is 0 Å². The number of hydrogen-bond donors (Lipinski definition) is 2. The van der Waals surface area contributed by atoms with Crippen LogP contribution in [0.5, 0.6) is 0 Å². The van der Waals surface area contributed by atoms with Crippen LogP contribution in [0.4, 0.5) is 0 Å². The molecule has 3 atom stereocenters. The molecule has 2 N–H and O–H groups in total. The van der Waals surface area contributed by atoms with E-state index in [0.717, 1.165) is 25.8 Å². The van der Waals surface area contributed by atoms with Crippen LogP contribution in [0.3, 0.4) is 0 Å². The number of rotatable bonds is 4. The first-order valence-electron chi connectivity index (χ1n) is 6.06. The molecule has 1 heterocycles. The van der Waals surface area contributed by atoms with E-state index in [0.29, 0.717) is 12.0 Å². The molecule has 4 nitrogen and oxygen atoms in total. The molecule has 0 spiro atoms. The predicted octanol–water partition coefficient (Wildman–Crippen LogP) is 1.23. The maximum atomic E-state index is 9.45. The Morgan fingerprint density at radius 2 is 2.44 bits per heavy atom. The van der Waals surface area contributed by atoms with Crippen LogP contribution < -0.4 is 5.32 Å². The van der Waals surface area contributed by atoms with Crippen LogP contribution in [0.25, 0.3) is 0 Å². The molecule has 1 fully saturated rings. The first-order valence-corrected chi connectivity index (χ1v) is 6.06. The summed E-state index contributed by atoms with van der Waals surface area (Å²) in [5.74, 6) is 0.630. The molecule has 3 unspecified atom stereocenters. The number of aromatic nitrogens is 2. The Bertz CT molecular complexity index is 337. The highest BCUT2D eigenvalue weighted by Crippen LogP contribution is 2.25. The Morgan fingerprint density at radius 1 is 1.62 bits per heavy atom. The Balaban J connectivity index is 1.80. The minimum atomic E-state index is -0.0705. The molecule has 1 aromatic rings. The fraction of sp³-hybridized carbons (Fsp3) is 0.750. The number of aryl methyl sites for hydroxylation is 1. The summed E-state index contributed by atoms with van der Waals surface area (Å²) in [5.41, 5.74) is 1.21. The third-order valence-electron chi connectivity index (χ3n) is 3.53. The molecule has 0 aliphatic heterocycles. The summed E-state index contributed by atoms with van der Waals surface area (Å²) in [6.07, 6.45) is 4.82. The van der Waals surface area contributed by atoms with Crippen molar-refractivity contribution < 1.29 is 5.11 Å². The first kappa shape index (κ1) is 11.6. The summed E-state index contributed by atoms with van der Waals surface area (Å²) in [7, 11) is 1.97. The topological polar surface area (TPSA) is 50.1 Å². The van der Waals surface area contributed by atoms with Crippen LogP contribution >= 0.6 is 0 Å². The summed E-state index contributed by atoms with van der Waals surface area (Å²) in [4.78, 5) is 0. The van der Waals surface area contributed by atoms with Gasteiger partial charge in [0, 0.05) is 19.3 Å². The molecule has 0 bridgehead atoms. The zero-order chi connectivity index (χ0) is 11.5. The lowest BCUT2D eigenvalue weighted by Crippen LogP contribution is -2.26. The predicted molar refractivity (Wildman–Crippen MR) is 63.0 cm³/mol. The maximum absolute atomic E-state index is 9.45. The summed E-state index contributed by atoms with van der Waals surface area (Å²) in [6.45, 7) is 3.14. The molecule has 0 radical (unpaired) electrons. The van der Waals surface area contributed by atoms with Crippen molar-refractivity contribution in [1.82, 2.24) is 15.1 Å². The second-order valence-corrected chi connectivity index (χ2v) is 4.84. The van der Waals surface area contributed by atoms with Crippen molar-refractivity contribution in [3.63, 3.8) is 0 Å². The third kappa shape index (κ3) is 2.62. The van der Waals surface area contributed by atoms with E-state index in [-0.39, 0.29) is 6.10 Å². The monoisotopic (exact) mass is 223 g/mol. The number of aliphatic hydroxyl groups is 1. The van der Waals surface area contributed by atoms with E-state index < -0.39 is 0 Å². The molecule has 4 heteroatoms. The van der Waals surface area contributed by atoms with E-state index in [1.165, 1.54) is 5.69 Å². The van der Waals surface area contributed by atoms with Crippen molar-refractivity contribution in [2.24, 2.45) is 13.0 Å². The summed E-state index contributed by atoms with van der Waals surface area (Å²) >= 11 is 0. The van der Waals surface area contributed by atoms with Gasteiger partial charge in [-0.15, -0.1) is 0 Å². The molecular formula is C12H21N3O. The smallest absolute Gasteiger partial charge is 0.0547 e. The van der Waals surface area contributed by atoms with Crippen LogP contribution in [0, 0.1) is 5.92 Å². The number of nitrogens with zero attached hydrogens (tertiary/aromatic N) is 2. The number of nitrogens with one attached hydrogen (secondary N) is 1. The van der Waals surface area contributed by atoms with Gasteiger partial charge in [0.15, 0.2) is 0 Å². The fourth-order valence-corrected chi connectivity index (χ4v) is 2.49. The largest absolute Gasteiger partial charge is 0.393 e. The van der Waals surface area contributed by atoms with Crippen LogP contribution in [-0.2, 0) is 7.05 Å².